The summed E-state index contributed by atoms with van der Waals surface area (Å²) in [6.07, 6.45) is 0. The van der Waals surface area contributed by atoms with E-state index in [2.05, 4.69) is 26.6 Å². The van der Waals surface area contributed by atoms with E-state index in [4.69, 9.17) is 0 Å². The van der Waals surface area contributed by atoms with Gasteiger partial charge in [0.1, 0.15) is 6.04 Å². The number of nitrogens with one attached hydrogen (secondary N) is 2. The minimum absolute atomic E-state index is 0.148. The second kappa shape index (κ2) is 6.82. The first-order chi connectivity index (χ1) is 6.84. The molecule has 2 amide bonds. The molecule has 15 heavy (non-hydrogen) atoms. The zero-order valence-electron chi connectivity index (χ0n) is 9.63. The van der Waals surface area contributed by atoms with Crippen molar-refractivity contribution in [3.8, 4) is 0 Å². The van der Waals surface area contributed by atoms with Gasteiger partial charge in [0.25, 0.3) is 0 Å². The van der Waals surface area contributed by atoms with Gasteiger partial charge >= 0.3 is 0 Å². The summed E-state index contributed by atoms with van der Waals surface area (Å²) in [6.45, 7) is 8.05. The highest BCUT2D eigenvalue weighted by Gasteiger charge is 2.17. The number of carbonyl (C=O) groups excluding carboxylic acids is 2. The molecule has 0 saturated carbocycles. The largest absolute Gasteiger partial charge is 0.354 e. The standard InChI is InChI=1S/C10H19BrN2O2/c1-6(2)5-12-10(15)8(4)13-9(14)7(3)11/h6-8H,5H2,1-4H3,(H,12,15)(H,13,14). The van der Waals surface area contributed by atoms with Crippen molar-refractivity contribution in [1.29, 1.82) is 0 Å². The summed E-state index contributed by atoms with van der Waals surface area (Å²) in [5.41, 5.74) is 0. The van der Waals surface area contributed by atoms with Gasteiger partial charge in [-0.3, -0.25) is 9.59 Å². The van der Waals surface area contributed by atoms with Gasteiger partial charge in [0.2, 0.25) is 11.8 Å². The number of halogens is 1. The summed E-state index contributed by atoms with van der Waals surface area (Å²) < 4.78 is 0. The Hall–Kier alpha value is -0.580. The number of hydrogen-bond donors (Lipinski definition) is 2. The maximum atomic E-state index is 11.5. The monoisotopic (exact) mass is 278 g/mol. The molecular weight excluding hydrogens is 260 g/mol. The summed E-state index contributed by atoms with van der Waals surface area (Å²) in [6, 6.07) is -0.490. The summed E-state index contributed by atoms with van der Waals surface area (Å²) in [7, 11) is 0. The lowest BCUT2D eigenvalue weighted by Crippen LogP contribution is -2.47. The molecule has 88 valence electrons. The van der Waals surface area contributed by atoms with Crippen LogP contribution in [0.15, 0.2) is 0 Å². The topological polar surface area (TPSA) is 58.2 Å². The Morgan fingerprint density at radius 2 is 1.67 bits per heavy atom. The molecule has 0 rings (SSSR count). The maximum Gasteiger partial charge on any atom is 0.242 e. The summed E-state index contributed by atoms with van der Waals surface area (Å²) in [5, 5.41) is 5.36. The third-order valence-electron chi connectivity index (χ3n) is 1.80. The highest BCUT2D eigenvalue weighted by atomic mass is 79.9. The normalized spacial score (nSPS) is 14.5. The van der Waals surface area contributed by atoms with E-state index in [0.717, 1.165) is 0 Å². The van der Waals surface area contributed by atoms with Crippen molar-refractivity contribution in [2.75, 3.05) is 6.54 Å². The van der Waals surface area contributed by atoms with Gasteiger partial charge < -0.3 is 10.6 Å². The fourth-order valence-electron chi connectivity index (χ4n) is 0.852. The molecule has 0 fully saturated rings. The molecule has 2 N–H and O–H groups in total. The molecule has 5 heteroatoms. The molecule has 0 aliphatic rings. The van der Waals surface area contributed by atoms with E-state index in [1.165, 1.54) is 0 Å². The average Bonchev–Trinajstić information content (AvgIpc) is 2.13. The van der Waals surface area contributed by atoms with Crippen LogP contribution >= 0.6 is 15.9 Å². The third-order valence-corrected chi connectivity index (χ3v) is 2.21. The Labute approximate surface area is 99.3 Å². The molecule has 0 heterocycles. The Morgan fingerprint density at radius 1 is 1.13 bits per heavy atom. The molecule has 0 aromatic rings. The maximum absolute atomic E-state index is 11.5. The van der Waals surface area contributed by atoms with Gasteiger partial charge in [-0.1, -0.05) is 29.8 Å². The molecule has 2 atom stereocenters. The molecule has 0 saturated heterocycles. The van der Waals surface area contributed by atoms with Gasteiger partial charge in [0.05, 0.1) is 4.83 Å². The van der Waals surface area contributed by atoms with E-state index < -0.39 is 6.04 Å². The van der Waals surface area contributed by atoms with E-state index in [9.17, 15) is 9.59 Å². The summed E-state index contributed by atoms with van der Waals surface area (Å²) >= 11 is 3.14. The highest BCUT2D eigenvalue weighted by Crippen LogP contribution is 1.97. The minimum atomic E-state index is -0.490. The second-order valence-corrected chi connectivity index (χ2v) is 5.36. The number of rotatable bonds is 5. The molecule has 0 spiro atoms. The molecule has 0 aliphatic carbocycles. The van der Waals surface area contributed by atoms with Crippen LogP contribution in [0.25, 0.3) is 0 Å². The first-order valence-corrected chi connectivity index (χ1v) is 5.98. The number of hydrogen-bond acceptors (Lipinski definition) is 2. The van der Waals surface area contributed by atoms with Crippen LogP contribution in [-0.2, 0) is 9.59 Å². The highest BCUT2D eigenvalue weighted by molar-refractivity contribution is 9.10. The molecule has 4 nitrogen and oxygen atoms in total. The Morgan fingerprint density at radius 3 is 2.07 bits per heavy atom. The smallest absolute Gasteiger partial charge is 0.242 e. The quantitative estimate of drug-likeness (QED) is 0.739. The molecule has 0 aromatic carbocycles. The van der Waals surface area contributed by atoms with Gasteiger partial charge in [0.15, 0.2) is 0 Å². The van der Waals surface area contributed by atoms with E-state index >= 15 is 0 Å². The predicted molar refractivity (Wildman–Crippen MR) is 63.8 cm³/mol. The first kappa shape index (κ1) is 14.4. The lowest BCUT2D eigenvalue weighted by Gasteiger charge is -2.15. The molecule has 0 aliphatic heterocycles. The Bertz CT molecular complexity index is 229. The number of amides is 2. The van der Waals surface area contributed by atoms with Crippen molar-refractivity contribution < 1.29 is 9.59 Å². The van der Waals surface area contributed by atoms with Crippen molar-refractivity contribution >= 4 is 27.7 Å². The van der Waals surface area contributed by atoms with Crippen molar-refractivity contribution in [3.63, 3.8) is 0 Å². The van der Waals surface area contributed by atoms with Gasteiger partial charge in [-0.15, -0.1) is 0 Å². The van der Waals surface area contributed by atoms with Crippen LogP contribution in [-0.4, -0.2) is 29.2 Å². The molecule has 0 radical (unpaired) electrons. The zero-order chi connectivity index (χ0) is 12.0. The van der Waals surface area contributed by atoms with Crippen molar-refractivity contribution in [3.05, 3.63) is 0 Å². The molecular formula is C10H19BrN2O2. The lowest BCUT2D eigenvalue weighted by molar-refractivity contribution is -0.128. The van der Waals surface area contributed by atoms with E-state index in [-0.39, 0.29) is 16.6 Å². The lowest BCUT2D eigenvalue weighted by atomic mass is 10.2. The minimum Gasteiger partial charge on any atom is -0.354 e. The Balaban J connectivity index is 3.94. The Kier molecular flexibility index (Phi) is 6.56. The fraction of sp³-hybridized carbons (Fsp3) is 0.800. The zero-order valence-corrected chi connectivity index (χ0v) is 11.2. The van der Waals surface area contributed by atoms with Gasteiger partial charge in [-0.25, -0.2) is 0 Å². The van der Waals surface area contributed by atoms with Crippen molar-refractivity contribution in [2.45, 2.75) is 38.6 Å². The molecule has 2 unspecified atom stereocenters. The first-order valence-electron chi connectivity index (χ1n) is 5.06. The number of carbonyl (C=O) groups is 2. The van der Waals surface area contributed by atoms with Gasteiger partial charge in [-0.2, -0.15) is 0 Å². The van der Waals surface area contributed by atoms with E-state index in [1.54, 1.807) is 13.8 Å². The van der Waals surface area contributed by atoms with Crippen LogP contribution in [0, 0.1) is 5.92 Å². The summed E-state index contributed by atoms with van der Waals surface area (Å²) in [4.78, 5) is 22.4. The van der Waals surface area contributed by atoms with Crippen LogP contribution in [0.3, 0.4) is 0 Å². The van der Waals surface area contributed by atoms with Gasteiger partial charge in [0, 0.05) is 6.54 Å². The summed E-state index contributed by atoms with van der Waals surface area (Å²) in [5.74, 6) is 0.0827. The van der Waals surface area contributed by atoms with Crippen LogP contribution < -0.4 is 10.6 Å². The van der Waals surface area contributed by atoms with E-state index in [1.807, 2.05) is 13.8 Å². The SMILES string of the molecule is CC(C)CNC(=O)C(C)NC(=O)C(C)Br. The van der Waals surface area contributed by atoms with Crippen LogP contribution in [0.4, 0.5) is 0 Å². The molecule has 0 bridgehead atoms. The van der Waals surface area contributed by atoms with Crippen molar-refractivity contribution in [1.82, 2.24) is 10.6 Å². The average molecular weight is 279 g/mol. The van der Waals surface area contributed by atoms with Crippen molar-refractivity contribution in [2.24, 2.45) is 5.92 Å². The third kappa shape index (κ3) is 6.49. The van der Waals surface area contributed by atoms with Crippen LogP contribution in [0.1, 0.15) is 27.7 Å². The van der Waals surface area contributed by atoms with Gasteiger partial charge in [-0.05, 0) is 19.8 Å². The number of alkyl halides is 1. The fourth-order valence-corrected chi connectivity index (χ4v) is 0.984. The van der Waals surface area contributed by atoms with Crippen LogP contribution in [0.2, 0.25) is 0 Å². The van der Waals surface area contributed by atoms with E-state index in [0.29, 0.717) is 12.5 Å². The molecule has 0 aromatic heterocycles. The predicted octanol–water partition coefficient (Wildman–Crippen LogP) is 1.05. The van der Waals surface area contributed by atoms with Crippen LogP contribution in [0.5, 0.6) is 0 Å². The second-order valence-electron chi connectivity index (χ2n) is 3.99.